The number of hydrogen-bond acceptors (Lipinski definition) is 2. The Labute approximate surface area is 143 Å². The Morgan fingerprint density at radius 3 is 2.67 bits per heavy atom. The van der Waals surface area contributed by atoms with Crippen molar-refractivity contribution in [3.8, 4) is 0 Å². The van der Waals surface area contributed by atoms with E-state index < -0.39 is 0 Å². The molecule has 1 aromatic carbocycles. The van der Waals surface area contributed by atoms with Crippen molar-refractivity contribution in [2.45, 2.75) is 39.8 Å². The summed E-state index contributed by atoms with van der Waals surface area (Å²) >= 11 is 0. The highest BCUT2D eigenvalue weighted by Gasteiger charge is 1.99. The van der Waals surface area contributed by atoms with Crippen molar-refractivity contribution in [3.05, 3.63) is 53.9 Å². The molecule has 0 radical (unpaired) electrons. The lowest BCUT2D eigenvalue weighted by Gasteiger charge is -2.11. The highest BCUT2D eigenvalue weighted by molar-refractivity contribution is 5.79. The minimum atomic E-state index is -0.221. The van der Waals surface area contributed by atoms with Crippen LogP contribution in [0.5, 0.6) is 0 Å². The van der Waals surface area contributed by atoms with Gasteiger partial charge in [0.05, 0.1) is 6.54 Å². The molecule has 2 N–H and O–H groups in total. The topological polar surface area (TPSA) is 54.2 Å². The van der Waals surface area contributed by atoms with Crippen molar-refractivity contribution in [1.29, 1.82) is 0 Å². The number of unbranched alkanes of at least 4 members (excludes halogenated alkanes) is 1. The quantitative estimate of drug-likeness (QED) is 0.444. The van der Waals surface area contributed by atoms with E-state index in [4.69, 9.17) is 0 Å². The van der Waals surface area contributed by atoms with Gasteiger partial charge in [-0.25, -0.2) is 14.4 Å². The Kier molecular flexibility index (Phi) is 7.26. The lowest BCUT2D eigenvalue weighted by atomic mass is 10.2. The first-order valence-corrected chi connectivity index (χ1v) is 8.43. The molecule has 0 fully saturated rings. The summed E-state index contributed by atoms with van der Waals surface area (Å²) in [5.41, 5.74) is 0.990. The van der Waals surface area contributed by atoms with Gasteiger partial charge in [-0.1, -0.05) is 12.1 Å². The summed E-state index contributed by atoms with van der Waals surface area (Å²) in [6.07, 6.45) is 5.98. The van der Waals surface area contributed by atoms with Gasteiger partial charge in [-0.05, 0) is 44.4 Å². The van der Waals surface area contributed by atoms with Crippen molar-refractivity contribution >= 4 is 5.96 Å². The summed E-state index contributed by atoms with van der Waals surface area (Å²) in [5.74, 6) is 1.62. The first-order chi connectivity index (χ1) is 11.7. The van der Waals surface area contributed by atoms with Gasteiger partial charge in [0.25, 0.3) is 0 Å². The number of halogens is 1. The Hall–Kier alpha value is -2.37. The van der Waals surface area contributed by atoms with E-state index in [0.29, 0.717) is 6.54 Å². The van der Waals surface area contributed by atoms with E-state index in [9.17, 15) is 4.39 Å². The molecule has 130 valence electrons. The summed E-state index contributed by atoms with van der Waals surface area (Å²) < 4.78 is 15.1. The van der Waals surface area contributed by atoms with E-state index >= 15 is 0 Å². The number of aryl methyl sites for hydroxylation is 2. The first-order valence-electron chi connectivity index (χ1n) is 8.43. The number of rotatable bonds is 8. The molecule has 2 aromatic rings. The van der Waals surface area contributed by atoms with Crippen LogP contribution in [0.4, 0.5) is 4.39 Å². The Bertz CT molecular complexity index is 633. The third-order valence-electron chi connectivity index (χ3n) is 3.72. The summed E-state index contributed by atoms with van der Waals surface area (Å²) in [6.45, 7) is 7.24. The van der Waals surface area contributed by atoms with Gasteiger partial charge in [0.15, 0.2) is 5.96 Å². The SMILES string of the molecule is CCNC(=NCc1ccc(F)cc1)NCCCCn1ccnc1C. The lowest BCUT2D eigenvalue weighted by Crippen LogP contribution is -2.37. The second kappa shape index (κ2) is 9.70. The second-order valence-corrected chi connectivity index (χ2v) is 5.62. The first kappa shape index (κ1) is 18.0. The van der Waals surface area contributed by atoms with Crippen molar-refractivity contribution in [3.63, 3.8) is 0 Å². The van der Waals surface area contributed by atoms with Crippen LogP contribution in [0.3, 0.4) is 0 Å². The molecule has 0 saturated carbocycles. The molecule has 0 aliphatic carbocycles. The van der Waals surface area contributed by atoms with Gasteiger partial charge in [0.2, 0.25) is 0 Å². The molecule has 6 heteroatoms. The molecule has 1 aromatic heterocycles. The van der Waals surface area contributed by atoms with Gasteiger partial charge in [0.1, 0.15) is 11.6 Å². The van der Waals surface area contributed by atoms with Crippen LogP contribution < -0.4 is 10.6 Å². The molecule has 0 bridgehead atoms. The van der Waals surface area contributed by atoms with Gasteiger partial charge < -0.3 is 15.2 Å². The van der Waals surface area contributed by atoms with E-state index in [1.54, 1.807) is 12.1 Å². The molecule has 0 amide bonds. The maximum atomic E-state index is 12.9. The number of aromatic nitrogens is 2. The summed E-state index contributed by atoms with van der Waals surface area (Å²) in [4.78, 5) is 8.75. The molecule has 0 atom stereocenters. The third-order valence-corrected chi connectivity index (χ3v) is 3.72. The second-order valence-electron chi connectivity index (χ2n) is 5.62. The molecule has 0 spiro atoms. The maximum Gasteiger partial charge on any atom is 0.191 e. The monoisotopic (exact) mass is 331 g/mol. The van der Waals surface area contributed by atoms with Crippen LogP contribution >= 0.6 is 0 Å². The molecule has 0 aliphatic heterocycles. The normalized spacial score (nSPS) is 11.5. The standard InChI is InChI=1S/C18H26FN5/c1-3-20-18(23-14-16-6-8-17(19)9-7-16)22-10-4-5-12-24-13-11-21-15(24)2/h6-9,11,13H,3-5,10,12,14H2,1-2H3,(H2,20,22,23). The molecule has 1 heterocycles. The zero-order valence-electron chi connectivity index (χ0n) is 14.4. The van der Waals surface area contributed by atoms with Crippen LogP contribution in [0, 0.1) is 12.7 Å². The molecule has 0 saturated heterocycles. The van der Waals surface area contributed by atoms with Crippen LogP contribution in [0.2, 0.25) is 0 Å². The number of hydrogen-bond donors (Lipinski definition) is 2. The van der Waals surface area contributed by atoms with E-state index in [0.717, 1.165) is 49.8 Å². The molecule has 24 heavy (non-hydrogen) atoms. The maximum absolute atomic E-state index is 12.9. The Morgan fingerprint density at radius 2 is 2.00 bits per heavy atom. The zero-order valence-corrected chi connectivity index (χ0v) is 14.4. The van der Waals surface area contributed by atoms with Crippen LogP contribution in [0.1, 0.15) is 31.2 Å². The van der Waals surface area contributed by atoms with Crippen molar-refractivity contribution < 1.29 is 4.39 Å². The van der Waals surface area contributed by atoms with Crippen molar-refractivity contribution in [1.82, 2.24) is 20.2 Å². The molecule has 0 unspecified atom stereocenters. The van der Waals surface area contributed by atoms with Crippen molar-refractivity contribution in [2.75, 3.05) is 13.1 Å². The predicted octanol–water partition coefficient (Wildman–Crippen LogP) is 2.87. The molecule has 2 rings (SSSR count). The number of aliphatic imine (C=N–C) groups is 1. The number of nitrogens with zero attached hydrogens (tertiary/aromatic N) is 3. The smallest absolute Gasteiger partial charge is 0.191 e. The zero-order chi connectivity index (χ0) is 17.2. The van der Waals surface area contributed by atoms with Gasteiger partial charge >= 0.3 is 0 Å². The van der Waals surface area contributed by atoms with Gasteiger partial charge in [-0.2, -0.15) is 0 Å². The fraction of sp³-hybridized carbons (Fsp3) is 0.444. The van der Waals surface area contributed by atoms with E-state index in [1.807, 2.05) is 26.2 Å². The van der Waals surface area contributed by atoms with Gasteiger partial charge in [-0.3, -0.25) is 0 Å². The number of benzene rings is 1. The van der Waals surface area contributed by atoms with Crippen LogP contribution in [-0.2, 0) is 13.1 Å². The number of guanidine groups is 1. The lowest BCUT2D eigenvalue weighted by molar-refractivity contribution is 0.588. The average Bonchev–Trinajstić information content (AvgIpc) is 2.99. The van der Waals surface area contributed by atoms with Crippen LogP contribution in [0.25, 0.3) is 0 Å². The van der Waals surface area contributed by atoms with E-state index in [-0.39, 0.29) is 5.82 Å². The summed E-state index contributed by atoms with van der Waals surface area (Å²) in [7, 11) is 0. The Balaban J connectivity index is 1.73. The summed E-state index contributed by atoms with van der Waals surface area (Å²) in [6, 6.07) is 6.44. The molecular formula is C18H26FN5. The van der Waals surface area contributed by atoms with Gasteiger partial charge in [0, 0.05) is 32.0 Å². The highest BCUT2D eigenvalue weighted by atomic mass is 19.1. The van der Waals surface area contributed by atoms with E-state index in [1.165, 1.54) is 12.1 Å². The molecule has 5 nitrogen and oxygen atoms in total. The van der Waals surface area contributed by atoms with Crippen LogP contribution in [0.15, 0.2) is 41.7 Å². The minimum absolute atomic E-state index is 0.221. The highest BCUT2D eigenvalue weighted by Crippen LogP contribution is 2.04. The molecular weight excluding hydrogens is 305 g/mol. The Morgan fingerprint density at radius 1 is 1.21 bits per heavy atom. The minimum Gasteiger partial charge on any atom is -0.357 e. The fourth-order valence-corrected chi connectivity index (χ4v) is 2.36. The van der Waals surface area contributed by atoms with Gasteiger partial charge in [-0.15, -0.1) is 0 Å². The fourth-order valence-electron chi connectivity index (χ4n) is 2.36. The van der Waals surface area contributed by atoms with Crippen molar-refractivity contribution in [2.24, 2.45) is 4.99 Å². The van der Waals surface area contributed by atoms with E-state index in [2.05, 4.69) is 25.2 Å². The largest absolute Gasteiger partial charge is 0.357 e. The third kappa shape index (κ3) is 6.02. The number of nitrogens with one attached hydrogen (secondary N) is 2. The predicted molar refractivity (Wildman–Crippen MR) is 95.4 cm³/mol. The summed E-state index contributed by atoms with van der Waals surface area (Å²) in [5, 5.41) is 6.56. The van der Waals surface area contributed by atoms with Crippen LogP contribution in [-0.4, -0.2) is 28.6 Å². The average molecular weight is 331 g/mol. The number of imidazole rings is 1. The molecule has 0 aliphatic rings.